The fourth-order valence-electron chi connectivity index (χ4n) is 5.03. The van der Waals surface area contributed by atoms with Crippen LogP contribution in [0.5, 0.6) is 28.7 Å². The Morgan fingerprint density at radius 1 is 0.745 bits per heavy atom. The average Bonchev–Trinajstić information content (AvgIpc) is 3.10. The smallest absolute Gasteiger partial charge is 0.266 e. The third-order valence-electron chi connectivity index (χ3n) is 7.32. The van der Waals surface area contributed by atoms with Crippen molar-refractivity contribution >= 4 is 55.8 Å². The van der Waals surface area contributed by atoms with Gasteiger partial charge in [-0.15, -0.1) is 17.0 Å². The maximum Gasteiger partial charge on any atom is 0.266 e. The zero-order valence-corrected chi connectivity index (χ0v) is 33.9. The molecule has 1 heterocycles. The van der Waals surface area contributed by atoms with Crippen molar-refractivity contribution < 1.29 is 28.5 Å². The van der Waals surface area contributed by atoms with Gasteiger partial charge in [-0.1, -0.05) is 30.4 Å². The Labute approximate surface area is 322 Å². The largest absolute Gasteiger partial charge is 0.492 e. The number of ether oxygens (including phenoxy) is 5. The third kappa shape index (κ3) is 12.1. The first-order chi connectivity index (χ1) is 24.3. The summed E-state index contributed by atoms with van der Waals surface area (Å²) in [6.07, 6.45) is 2.03. The second-order valence-corrected chi connectivity index (χ2v) is 12.9. The number of nitrogens with zero attached hydrogens (tertiary/aromatic N) is 2. The number of anilines is 1. The van der Waals surface area contributed by atoms with Crippen molar-refractivity contribution in [2.45, 2.75) is 60.4 Å². The molecule has 0 saturated heterocycles. The number of benzene rings is 3. The zero-order chi connectivity index (χ0) is 35.9. The fraction of sp³-hybridized carbons (Fsp3) is 0.395. The SMILES string of the molecule is Br.CCCOc1ccc(NC(=O)c2cc(=O)n(CCc3ccc(OCC)c(OCC)c3)c(=NCCc3ccc(OCC)c(OCC)c3)s2)cc1Br. The maximum atomic E-state index is 13.6. The molecular formula is C38H47Br2N3O7S. The molecule has 1 amide bonds. The van der Waals surface area contributed by atoms with Crippen LogP contribution in [-0.2, 0) is 19.4 Å². The number of carbonyl (C=O) groups is 1. The molecule has 276 valence electrons. The second-order valence-electron chi connectivity index (χ2n) is 11.0. The second kappa shape index (κ2) is 21.5. The van der Waals surface area contributed by atoms with E-state index in [1.54, 1.807) is 22.8 Å². The van der Waals surface area contributed by atoms with Gasteiger partial charge in [-0.3, -0.25) is 19.1 Å². The Morgan fingerprint density at radius 2 is 1.31 bits per heavy atom. The molecule has 1 N–H and O–H groups in total. The lowest BCUT2D eigenvalue weighted by Crippen LogP contribution is -2.34. The van der Waals surface area contributed by atoms with E-state index in [1.807, 2.05) is 71.0 Å². The fourth-order valence-corrected chi connectivity index (χ4v) is 6.47. The van der Waals surface area contributed by atoms with Gasteiger partial charge in [0.25, 0.3) is 11.5 Å². The van der Waals surface area contributed by atoms with Crippen LogP contribution in [-0.4, -0.2) is 50.1 Å². The van der Waals surface area contributed by atoms with Crippen molar-refractivity contribution in [3.63, 3.8) is 0 Å². The predicted octanol–water partition coefficient (Wildman–Crippen LogP) is 8.27. The van der Waals surface area contributed by atoms with Crippen LogP contribution >= 0.6 is 44.2 Å². The number of hydrogen-bond donors (Lipinski definition) is 1. The van der Waals surface area contributed by atoms with Crippen molar-refractivity contribution in [2.24, 2.45) is 4.99 Å². The van der Waals surface area contributed by atoms with E-state index in [0.29, 0.717) is 98.2 Å². The van der Waals surface area contributed by atoms with Crippen LogP contribution in [0.1, 0.15) is 61.8 Å². The molecule has 10 nitrogen and oxygen atoms in total. The van der Waals surface area contributed by atoms with Gasteiger partial charge in [-0.2, -0.15) is 0 Å². The molecule has 4 aromatic rings. The molecule has 51 heavy (non-hydrogen) atoms. The highest BCUT2D eigenvalue weighted by Gasteiger charge is 2.14. The minimum Gasteiger partial charge on any atom is -0.492 e. The van der Waals surface area contributed by atoms with E-state index in [1.165, 1.54) is 17.4 Å². The predicted molar refractivity (Wildman–Crippen MR) is 212 cm³/mol. The summed E-state index contributed by atoms with van der Waals surface area (Å²) in [5.74, 6) is 3.02. The quantitative estimate of drug-likeness (QED) is 0.101. The molecule has 0 radical (unpaired) electrons. The van der Waals surface area contributed by atoms with Gasteiger partial charge in [0.05, 0.1) is 37.5 Å². The number of nitrogens with one attached hydrogen (secondary N) is 1. The number of amides is 1. The summed E-state index contributed by atoms with van der Waals surface area (Å²) in [4.78, 5) is 32.7. The Kier molecular flexibility index (Phi) is 17.6. The molecule has 3 aromatic carbocycles. The highest BCUT2D eigenvalue weighted by atomic mass is 79.9. The van der Waals surface area contributed by atoms with Crippen LogP contribution in [0.15, 0.2) is 74.9 Å². The molecule has 13 heteroatoms. The summed E-state index contributed by atoms with van der Waals surface area (Å²) >= 11 is 4.70. The molecule has 0 atom stereocenters. The van der Waals surface area contributed by atoms with E-state index >= 15 is 0 Å². The zero-order valence-electron chi connectivity index (χ0n) is 29.8. The minimum absolute atomic E-state index is 0. The Balaban J connectivity index is 0.00000702. The van der Waals surface area contributed by atoms with Crippen molar-refractivity contribution in [2.75, 3.05) is 44.9 Å². The summed E-state index contributed by atoms with van der Waals surface area (Å²) < 4.78 is 31.1. The van der Waals surface area contributed by atoms with Crippen molar-refractivity contribution in [3.05, 3.63) is 96.3 Å². The molecule has 0 saturated carbocycles. The van der Waals surface area contributed by atoms with Crippen molar-refractivity contribution in [3.8, 4) is 28.7 Å². The molecule has 4 rings (SSSR count). The van der Waals surface area contributed by atoms with E-state index in [0.717, 1.165) is 22.0 Å². The van der Waals surface area contributed by atoms with Crippen molar-refractivity contribution in [1.29, 1.82) is 0 Å². The van der Waals surface area contributed by atoms with Gasteiger partial charge in [0.15, 0.2) is 27.8 Å². The van der Waals surface area contributed by atoms with Gasteiger partial charge in [0.2, 0.25) is 0 Å². The highest BCUT2D eigenvalue weighted by molar-refractivity contribution is 9.10. The number of hydrogen-bond acceptors (Lipinski definition) is 9. The standard InChI is InChI=1S/C38H46BrN3O7S.BrH/c1-6-21-49-30-16-13-28(24-29(30)39)41-37(44)35-25-36(43)42(20-18-27-12-15-32(46-8-3)34(23-27)48-10-5)38(50-35)40-19-17-26-11-14-31(45-7-2)33(22-26)47-9-4;/h11-16,22-25H,6-10,17-21H2,1-5H3,(H,41,44);1H. The van der Waals surface area contributed by atoms with Crippen LogP contribution in [0.2, 0.25) is 0 Å². The summed E-state index contributed by atoms with van der Waals surface area (Å²) in [5, 5.41) is 2.91. The van der Waals surface area contributed by atoms with Gasteiger partial charge in [-0.25, -0.2) is 0 Å². The molecule has 0 bridgehead atoms. The normalized spacial score (nSPS) is 11.1. The van der Waals surface area contributed by atoms with Crippen LogP contribution in [0.25, 0.3) is 0 Å². The topological polar surface area (TPSA) is 110 Å². The Hall–Kier alpha value is -3.81. The third-order valence-corrected chi connectivity index (χ3v) is 8.99. The Bertz CT molecular complexity index is 1860. The first kappa shape index (κ1) is 41.6. The molecular weight excluding hydrogens is 802 g/mol. The molecule has 0 aliphatic rings. The van der Waals surface area contributed by atoms with Gasteiger partial charge < -0.3 is 29.0 Å². The Morgan fingerprint density at radius 3 is 1.88 bits per heavy atom. The summed E-state index contributed by atoms with van der Waals surface area (Å²) in [5.41, 5.74) is 2.26. The first-order valence-corrected chi connectivity index (χ1v) is 18.7. The van der Waals surface area contributed by atoms with Gasteiger partial charge in [0, 0.05) is 24.8 Å². The molecule has 0 spiro atoms. The maximum absolute atomic E-state index is 13.6. The molecule has 0 aliphatic carbocycles. The van der Waals surface area contributed by atoms with E-state index in [2.05, 4.69) is 21.2 Å². The van der Waals surface area contributed by atoms with Gasteiger partial charge in [0.1, 0.15) is 10.6 Å². The molecule has 0 unspecified atom stereocenters. The lowest BCUT2D eigenvalue weighted by atomic mass is 10.1. The van der Waals surface area contributed by atoms with Gasteiger partial charge >= 0.3 is 0 Å². The van der Waals surface area contributed by atoms with Crippen LogP contribution in [0, 0.1) is 0 Å². The summed E-state index contributed by atoms with van der Waals surface area (Å²) in [6, 6.07) is 18.4. The van der Waals surface area contributed by atoms with Crippen LogP contribution < -0.4 is 39.4 Å². The number of rotatable bonds is 19. The molecule has 1 aromatic heterocycles. The monoisotopic (exact) mass is 847 g/mol. The van der Waals surface area contributed by atoms with Crippen molar-refractivity contribution in [1.82, 2.24) is 4.57 Å². The molecule has 0 fully saturated rings. The first-order valence-electron chi connectivity index (χ1n) is 17.1. The van der Waals surface area contributed by atoms with E-state index in [4.69, 9.17) is 28.7 Å². The lowest BCUT2D eigenvalue weighted by Gasteiger charge is -2.13. The molecule has 0 aliphatic heterocycles. The number of aryl methyl sites for hydroxylation is 1. The summed E-state index contributed by atoms with van der Waals surface area (Å²) in [6.45, 7) is 13.2. The number of aromatic nitrogens is 1. The summed E-state index contributed by atoms with van der Waals surface area (Å²) in [7, 11) is 0. The lowest BCUT2D eigenvalue weighted by molar-refractivity contribution is 0.103. The minimum atomic E-state index is -0.398. The number of halogens is 2. The van der Waals surface area contributed by atoms with Crippen LogP contribution in [0.3, 0.4) is 0 Å². The van der Waals surface area contributed by atoms with E-state index in [-0.39, 0.29) is 27.4 Å². The van der Waals surface area contributed by atoms with E-state index < -0.39 is 5.91 Å². The van der Waals surface area contributed by atoms with E-state index in [9.17, 15) is 9.59 Å². The number of carbonyl (C=O) groups excluding carboxylic acids is 1. The van der Waals surface area contributed by atoms with Crippen LogP contribution in [0.4, 0.5) is 5.69 Å². The highest BCUT2D eigenvalue weighted by Crippen LogP contribution is 2.31. The average molecular weight is 850 g/mol. The van der Waals surface area contributed by atoms with Gasteiger partial charge in [-0.05, 0) is 116 Å².